The van der Waals surface area contributed by atoms with E-state index in [0.29, 0.717) is 34.6 Å². The molecule has 1 unspecified atom stereocenters. The molecular formula is C25H25ClF3N3. The first kappa shape index (κ1) is 22.7. The van der Waals surface area contributed by atoms with E-state index in [1.807, 2.05) is 12.1 Å². The number of fused-ring (bicyclic) bond motifs is 1. The average molecular weight is 460 g/mol. The number of nitrogens with zero attached hydrogens (tertiary/aromatic N) is 2. The summed E-state index contributed by atoms with van der Waals surface area (Å²) in [5, 5.41) is 13.3. The first-order valence-corrected chi connectivity index (χ1v) is 11.3. The fraction of sp³-hybridized carbons (Fsp3) is 0.400. The van der Waals surface area contributed by atoms with Crippen LogP contribution < -0.4 is 5.32 Å². The van der Waals surface area contributed by atoms with Gasteiger partial charge in [-0.05, 0) is 55.1 Å². The van der Waals surface area contributed by atoms with E-state index in [0.717, 1.165) is 31.2 Å². The first-order chi connectivity index (χ1) is 15.3. The second-order valence-corrected chi connectivity index (χ2v) is 9.01. The molecule has 0 bridgehead atoms. The smallest absolute Gasteiger partial charge is 0.343 e. The van der Waals surface area contributed by atoms with E-state index in [9.17, 15) is 18.4 Å². The van der Waals surface area contributed by atoms with Gasteiger partial charge in [0.1, 0.15) is 6.04 Å². The Balaban J connectivity index is 1.71. The van der Waals surface area contributed by atoms with Crippen molar-refractivity contribution in [2.24, 2.45) is 5.92 Å². The first-order valence-electron chi connectivity index (χ1n) is 10.9. The highest BCUT2D eigenvalue weighted by molar-refractivity contribution is 6.30. The molecule has 1 heterocycles. The van der Waals surface area contributed by atoms with Crippen LogP contribution in [0.3, 0.4) is 0 Å². The lowest BCUT2D eigenvalue weighted by Gasteiger charge is -2.27. The number of halogens is 4. The Morgan fingerprint density at radius 1 is 1.09 bits per heavy atom. The predicted octanol–water partition coefficient (Wildman–Crippen LogP) is 6.99. The molecule has 32 heavy (non-hydrogen) atoms. The van der Waals surface area contributed by atoms with Crippen LogP contribution in [-0.4, -0.2) is 17.3 Å². The second-order valence-electron chi connectivity index (χ2n) is 8.57. The SMILES string of the molecule is N#Cc1ccc2c(C(NCC3CCCCC3)C(F)(F)F)cn(Cc3ccc(Cl)cc3)c2c1. The van der Waals surface area contributed by atoms with Crippen LogP contribution in [0.15, 0.2) is 48.7 Å². The Morgan fingerprint density at radius 2 is 1.81 bits per heavy atom. The average Bonchev–Trinajstić information content (AvgIpc) is 3.12. The van der Waals surface area contributed by atoms with Crippen molar-refractivity contribution in [2.75, 3.05) is 6.54 Å². The third kappa shape index (κ3) is 5.11. The summed E-state index contributed by atoms with van der Waals surface area (Å²) in [6, 6.07) is 12.4. The number of aromatic nitrogens is 1. The van der Waals surface area contributed by atoms with E-state index in [1.54, 1.807) is 41.1 Å². The molecule has 2 aromatic carbocycles. The fourth-order valence-electron chi connectivity index (χ4n) is 4.62. The molecule has 0 saturated heterocycles. The third-order valence-electron chi connectivity index (χ3n) is 6.28. The van der Waals surface area contributed by atoms with Gasteiger partial charge in [-0.1, -0.05) is 49.1 Å². The van der Waals surface area contributed by atoms with Crippen LogP contribution in [0.2, 0.25) is 5.02 Å². The van der Waals surface area contributed by atoms with Crippen molar-refractivity contribution in [2.45, 2.75) is 50.9 Å². The van der Waals surface area contributed by atoms with Crippen LogP contribution in [0.4, 0.5) is 13.2 Å². The Bertz CT molecular complexity index is 1110. The van der Waals surface area contributed by atoms with Crippen molar-refractivity contribution in [3.05, 3.63) is 70.4 Å². The Morgan fingerprint density at radius 3 is 2.47 bits per heavy atom. The highest BCUT2D eigenvalue weighted by Crippen LogP contribution is 2.38. The predicted molar refractivity (Wildman–Crippen MR) is 121 cm³/mol. The lowest BCUT2D eigenvalue weighted by molar-refractivity contribution is -0.158. The molecular weight excluding hydrogens is 435 g/mol. The van der Waals surface area contributed by atoms with Crippen molar-refractivity contribution in [1.82, 2.24) is 9.88 Å². The van der Waals surface area contributed by atoms with Crippen molar-refractivity contribution >= 4 is 22.5 Å². The maximum absolute atomic E-state index is 14.2. The number of hydrogen-bond donors (Lipinski definition) is 1. The lowest BCUT2D eigenvalue weighted by atomic mass is 9.89. The minimum atomic E-state index is -4.43. The molecule has 1 aromatic heterocycles. The second kappa shape index (κ2) is 9.56. The van der Waals surface area contributed by atoms with Gasteiger partial charge in [-0.15, -0.1) is 0 Å². The van der Waals surface area contributed by atoms with E-state index in [-0.39, 0.29) is 11.5 Å². The van der Waals surface area contributed by atoms with Gasteiger partial charge in [0.05, 0.1) is 11.6 Å². The number of alkyl halides is 3. The molecule has 1 fully saturated rings. The van der Waals surface area contributed by atoms with Gasteiger partial charge >= 0.3 is 6.18 Å². The zero-order valence-electron chi connectivity index (χ0n) is 17.6. The topological polar surface area (TPSA) is 40.8 Å². The van der Waals surface area contributed by atoms with Crippen LogP contribution >= 0.6 is 11.6 Å². The van der Waals surface area contributed by atoms with Crippen molar-refractivity contribution < 1.29 is 13.2 Å². The third-order valence-corrected chi connectivity index (χ3v) is 6.53. The summed E-state index contributed by atoms with van der Waals surface area (Å²) in [6.07, 6.45) is 2.43. The molecule has 0 radical (unpaired) electrons. The Hall–Kier alpha value is -2.49. The summed E-state index contributed by atoms with van der Waals surface area (Å²) < 4.78 is 44.3. The molecule has 0 spiro atoms. The zero-order valence-corrected chi connectivity index (χ0v) is 18.4. The minimum absolute atomic E-state index is 0.196. The number of nitrogens with one attached hydrogen (secondary N) is 1. The molecule has 3 aromatic rings. The maximum atomic E-state index is 14.2. The molecule has 1 saturated carbocycles. The zero-order chi connectivity index (χ0) is 22.7. The molecule has 4 rings (SSSR count). The van der Waals surface area contributed by atoms with Crippen molar-refractivity contribution in [3.63, 3.8) is 0 Å². The summed E-state index contributed by atoms with van der Waals surface area (Å²) >= 11 is 5.97. The summed E-state index contributed by atoms with van der Waals surface area (Å²) in [5.74, 6) is 0.279. The molecule has 0 amide bonds. The molecule has 1 atom stereocenters. The van der Waals surface area contributed by atoms with Gasteiger partial charge in [0, 0.05) is 34.2 Å². The van der Waals surface area contributed by atoms with E-state index < -0.39 is 12.2 Å². The number of hydrogen-bond acceptors (Lipinski definition) is 2. The largest absolute Gasteiger partial charge is 0.407 e. The Labute approximate surface area is 190 Å². The molecule has 1 aliphatic carbocycles. The molecule has 7 heteroatoms. The number of nitriles is 1. The molecule has 0 aliphatic heterocycles. The highest BCUT2D eigenvalue weighted by Gasteiger charge is 2.42. The summed E-state index contributed by atoms with van der Waals surface area (Å²) in [4.78, 5) is 0. The molecule has 3 nitrogen and oxygen atoms in total. The monoisotopic (exact) mass is 459 g/mol. The molecule has 1 aliphatic rings. The van der Waals surface area contributed by atoms with E-state index >= 15 is 0 Å². The normalized spacial score (nSPS) is 16.2. The fourth-order valence-corrected chi connectivity index (χ4v) is 4.74. The molecule has 168 valence electrons. The van der Waals surface area contributed by atoms with Gasteiger partial charge in [-0.3, -0.25) is 0 Å². The van der Waals surface area contributed by atoms with E-state index in [1.165, 1.54) is 6.42 Å². The van der Waals surface area contributed by atoms with Crippen LogP contribution in [0.25, 0.3) is 10.9 Å². The van der Waals surface area contributed by atoms with Gasteiger partial charge < -0.3 is 9.88 Å². The van der Waals surface area contributed by atoms with E-state index in [2.05, 4.69) is 11.4 Å². The van der Waals surface area contributed by atoms with E-state index in [4.69, 9.17) is 11.6 Å². The van der Waals surface area contributed by atoms with Crippen LogP contribution in [0.1, 0.15) is 54.8 Å². The minimum Gasteiger partial charge on any atom is -0.343 e. The van der Waals surface area contributed by atoms with Crippen LogP contribution in [0, 0.1) is 17.2 Å². The van der Waals surface area contributed by atoms with Crippen molar-refractivity contribution in [1.29, 1.82) is 5.26 Å². The van der Waals surface area contributed by atoms with Crippen molar-refractivity contribution in [3.8, 4) is 6.07 Å². The molecule has 1 N–H and O–H groups in total. The maximum Gasteiger partial charge on any atom is 0.407 e. The van der Waals surface area contributed by atoms with Gasteiger partial charge in [-0.25, -0.2) is 0 Å². The van der Waals surface area contributed by atoms with Gasteiger partial charge in [0.2, 0.25) is 0 Å². The number of rotatable bonds is 6. The highest BCUT2D eigenvalue weighted by atomic mass is 35.5. The van der Waals surface area contributed by atoms with Crippen LogP contribution in [-0.2, 0) is 6.54 Å². The summed E-state index contributed by atoms with van der Waals surface area (Å²) in [5.41, 5.74) is 2.14. The standard InChI is InChI=1S/C25H25ClF3N3/c26-20-9-6-18(7-10-20)15-32-16-22(21-11-8-19(13-30)12-23(21)32)24(25(27,28)29)31-14-17-4-2-1-3-5-17/h6-12,16-17,24,31H,1-5,14-15H2. The van der Waals surface area contributed by atoms with Crippen LogP contribution in [0.5, 0.6) is 0 Å². The van der Waals surface area contributed by atoms with Gasteiger partial charge in [0.25, 0.3) is 0 Å². The lowest BCUT2D eigenvalue weighted by Crippen LogP contribution is -2.37. The number of benzene rings is 2. The quantitative estimate of drug-likeness (QED) is 0.431. The van der Waals surface area contributed by atoms with Gasteiger partial charge in [0.15, 0.2) is 0 Å². The Kier molecular flexibility index (Phi) is 6.78. The van der Waals surface area contributed by atoms with Gasteiger partial charge in [-0.2, -0.15) is 18.4 Å². The summed E-state index contributed by atoms with van der Waals surface area (Å²) in [7, 11) is 0. The summed E-state index contributed by atoms with van der Waals surface area (Å²) in [6.45, 7) is 0.736.